The van der Waals surface area contributed by atoms with Gasteiger partial charge in [-0.3, -0.25) is 4.79 Å². The van der Waals surface area contributed by atoms with Crippen molar-refractivity contribution in [3.63, 3.8) is 0 Å². The van der Waals surface area contributed by atoms with E-state index >= 15 is 0 Å². The number of fused-ring (bicyclic) bond motifs is 2. The van der Waals surface area contributed by atoms with E-state index in [1.54, 1.807) is 12.1 Å². The van der Waals surface area contributed by atoms with Crippen molar-refractivity contribution in [1.29, 1.82) is 0 Å². The number of ether oxygens (including phenoxy) is 3. The van der Waals surface area contributed by atoms with Gasteiger partial charge in [-0.05, 0) is 18.2 Å². The highest BCUT2D eigenvalue weighted by molar-refractivity contribution is 6.36. The second kappa shape index (κ2) is 6.05. The number of methoxy groups -OCH3 is 3. The number of pyridine rings is 1. The second-order valence-electron chi connectivity index (χ2n) is 5.04. The van der Waals surface area contributed by atoms with Gasteiger partial charge in [-0.25, -0.2) is 4.79 Å². The summed E-state index contributed by atoms with van der Waals surface area (Å²) < 4.78 is 15.3. The molecular weight excluding hydrogens is 334 g/mol. The fourth-order valence-corrected chi connectivity index (χ4v) is 2.89. The molecule has 7 heteroatoms. The summed E-state index contributed by atoms with van der Waals surface area (Å²) in [5.41, 5.74) is 0.734. The summed E-state index contributed by atoms with van der Waals surface area (Å²) in [5.74, 6) is 0.323. The quantitative estimate of drug-likeness (QED) is 0.581. The number of rotatable bonds is 3. The molecule has 3 aromatic rings. The maximum atomic E-state index is 12.9. The number of hydrogen-bond acceptors (Lipinski definition) is 5. The van der Waals surface area contributed by atoms with E-state index in [1.165, 1.54) is 33.5 Å². The molecule has 0 saturated carbocycles. The molecule has 0 atom stereocenters. The number of carbonyl (C=O) groups is 1. The lowest BCUT2D eigenvalue weighted by atomic mass is 10.1. The molecule has 24 heavy (non-hydrogen) atoms. The van der Waals surface area contributed by atoms with Crippen LogP contribution in [0.25, 0.3) is 21.8 Å². The van der Waals surface area contributed by atoms with Crippen molar-refractivity contribution in [3.8, 4) is 11.5 Å². The van der Waals surface area contributed by atoms with E-state index in [2.05, 4.69) is 4.98 Å². The number of H-pyrrole nitrogens is 1. The lowest BCUT2D eigenvalue weighted by Crippen LogP contribution is -2.10. The first-order valence-corrected chi connectivity index (χ1v) is 7.38. The Kier molecular flexibility index (Phi) is 4.07. The highest BCUT2D eigenvalue weighted by Gasteiger charge is 2.18. The number of aromatic amines is 1. The molecular formula is C17H14ClNO5. The van der Waals surface area contributed by atoms with E-state index in [4.69, 9.17) is 25.8 Å². The van der Waals surface area contributed by atoms with Gasteiger partial charge in [0.05, 0.1) is 53.7 Å². The van der Waals surface area contributed by atoms with Crippen molar-refractivity contribution in [3.05, 3.63) is 45.1 Å². The molecule has 1 heterocycles. The second-order valence-corrected chi connectivity index (χ2v) is 5.45. The number of benzene rings is 2. The summed E-state index contributed by atoms with van der Waals surface area (Å²) in [7, 11) is 4.26. The van der Waals surface area contributed by atoms with Crippen LogP contribution in [0.4, 0.5) is 0 Å². The summed E-state index contributed by atoms with van der Waals surface area (Å²) in [5, 5.41) is 0.846. The van der Waals surface area contributed by atoms with Crippen LogP contribution in [0.1, 0.15) is 10.4 Å². The lowest BCUT2D eigenvalue weighted by Gasteiger charge is -2.12. The van der Waals surface area contributed by atoms with Crippen LogP contribution in [0.5, 0.6) is 11.5 Å². The Morgan fingerprint density at radius 2 is 1.75 bits per heavy atom. The predicted molar refractivity (Wildman–Crippen MR) is 91.5 cm³/mol. The van der Waals surface area contributed by atoms with Gasteiger partial charge in [0.2, 0.25) is 0 Å². The highest BCUT2D eigenvalue weighted by Crippen LogP contribution is 2.32. The third-order valence-corrected chi connectivity index (χ3v) is 4.13. The molecule has 0 aliphatic heterocycles. The zero-order valence-corrected chi connectivity index (χ0v) is 14.0. The van der Waals surface area contributed by atoms with Crippen molar-refractivity contribution < 1.29 is 19.0 Å². The van der Waals surface area contributed by atoms with E-state index < -0.39 is 5.97 Å². The van der Waals surface area contributed by atoms with E-state index in [-0.39, 0.29) is 21.4 Å². The van der Waals surface area contributed by atoms with Crippen LogP contribution in [0.3, 0.4) is 0 Å². The van der Waals surface area contributed by atoms with E-state index in [9.17, 15) is 9.59 Å². The van der Waals surface area contributed by atoms with Crippen LogP contribution in [0, 0.1) is 0 Å². The summed E-state index contributed by atoms with van der Waals surface area (Å²) in [6.45, 7) is 0. The third-order valence-electron chi connectivity index (χ3n) is 3.81. The van der Waals surface area contributed by atoms with Gasteiger partial charge in [0.1, 0.15) is 0 Å². The van der Waals surface area contributed by atoms with Crippen LogP contribution in [0.15, 0.2) is 29.1 Å². The lowest BCUT2D eigenvalue weighted by molar-refractivity contribution is 0.0603. The first-order valence-electron chi connectivity index (χ1n) is 7.00. The minimum Gasteiger partial charge on any atom is -0.493 e. The molecule has 3 rings (SSSR count). The molecule has 0 radical (unpaired) electrons. The summed E-state index contributed by atoms with van der Waals surface area (Å²) in [6, 6.07) is 6.22. The monoisotopic (exact) mass is 347 g/mol. The average molecular weight is 348 g/mol. The number of nitrogens with one attached hydrogen (secondary N) is 1. The van der Waals surface area contributed by atoms with Gasteiger partial charge in [0.25, 0.3) is 0 Å². The van der Waals surface area contributed by atoms with E-state index in [0.29, 0.717) is 27.9 Å². The molecule has 0 bridgehead atoms. The Bertz CT molecular complexity index is 1030. The maximum Gasteiger partial charge on any atom is 0.340 e. The molecule has 0 saturated heterocycles. The zero-order valence-electron chi connectivity index (χ0n) is 13.2. The fraction of sp³-hybridized carbons (Fsp3) is 0.176. The summed E-state index contributed by atoms with van der Waals surface area (Å²) >= 11 is 6.19. The predicted octanol–water partition coefficient (Wildman–Crippen LogP) is 3.14. The summed E-state index contributed by atoms with van der Waals surface area (Å²) in [6.07, 6.45) is 0. The Morgan fingerprint density at radius 3 is 2.38 bits per heavy atom. The summed E-state index contributed by atoms with van der Waals surface area (Å²) in [4.78, 5) is 27.9. The van der Waals surface area contributed by atoms with Crippen molar-refractivity contribution in [1.82, 2.24) is 4.98 Å². The zero-order chi connectivity index (χ0) is 17.4. The van der Waals surface area contributed by atoms with Crippen molar-refractivity contribution in [2.75, 3.05) is 21.3 Å². The third kappa shape index (κ3) is 2.35. The molecule has 1 aromatic heterocycles. The molecule has 0 spiro atoms. The van der Waals surface area contributed by atoms with Crippen molar-refractivity contribution >= 4 is 39.4 Å². The molecule has 1 N–H and O–H groups in total. The molecule has 124 valence electrons. The number of esters is 1. The molecule has 6 nitrogen and oxygen atoms in total. The number of carbonyl (C=O) groups excluding carboxylic acids is 1. The standard InChI is InChI=1S/C17H14ClNO5/c1-22-12-6-9-11(7-13(12)23-2)19-15-8(17(21)24-3)4-5-10(18)14(15)16(9)20/h4-7H,1-3H3,(H,19,20). The smallest absolute Gasteiger partial charge is 0.340 e. The minimum atomic E-state index is -0.563. The van der Waals surface area contributed by atoms with Crippen molar-refractivity contribution in [2.24, 2.45) is 0 Å². The Labute approximate surface area is 141 Å². The topological polar surface area (TPSA) is 77.6 Å². The Balaban J connectivity index is 2.51. The highest BCUT2D eigenvalue weighted by atomic mass is 35.5. The van der Waals surface area contributed by atoms with Gasteiger partial charge >= 0.3 is 5.97 Å². The first-order chi connectivity index (χ1) is 11.5. The molecule has 0 unspecified atom stereocenters. The van der Waals surface area contributed by atoms with Crippen LogP contribution >= 0.6 is 11.6 Å². The van der Waals surface area contributed by atoms with Gasteiger partial charge in [0, 0.05) is 6.07 Å². The van der Waals surface area contributed by atoms with Crippen LogP contribution in [-0.4, -0.2) is 32.3 Å². The van der Waals surface area contributed by atoms with Gasteiger partial charge < -0.3 is 19.2 Å². The van der Waals surface area contributed by atoms with E-state index in [0.717, 1.165) is 0 Å². The van der Waals surface area contributed by atoms with Crippen LogP contribution in [0.2, 0.25) is 5.02 Å². The Morgan fingerprint density at radius 1 is 1.08 bits per heavy atom. The molecule has 2 aromatic carbocycles. The molecule has 0 fully saturated rings. The fourth-order valence-electron chi connectivity index (χ4n) is 2.65. The number of halogens is 1. The van der Waals surface area contributed by atoms with Crippen molar-refractivity contribution in [2.45, 2.75) is 0 Å². The number of hydrogen-bond donors (Lipinski definition) is 1. The van der Waals surface area contributed by atoms with Gasteiger partial charge in [0.15, 0.2) is 16.9 Å². The SMILES string of the molecule is COC(=O)c1ccc(Cl)c2c(=O)c3cc(OC)c(OC)cc3[nH]c12. The van der Waals surface area contributed by atoms with Crippen LogP contribution < -0.4 is 14.9 Å². The number of aromatic nitrogens is 1. The minimum absolute atomic E-state index is 0.222. The molecule has 0 aliphatic carbocycles. The maximum absolute atomic E-state index is 12.9. The van der Waals surface area contributed by atoms with Gasteiger partial charge in [-0.15, -0.1) is 0 Å². The van der Waals surface area contributed by atoms with Crippen LogP contribution in [-0.2, 0) is 4.74 Å². The Hall–Kier alpha value is -2.73. The molecule has 0 amide bonds. The normalized spacial score (nSPS) is 10.8. The van der Waals surface area contributed by atoms with Gasteiger partial charge in [-0.1, -0.05) is 11.6 Å². The first kappa shape index (κ1) is 16.1. The average Bonchev–Trinajstić information content (AvgIpc) is 2.60. The van der Waals surface area contributed by atoms with E-state index in [1.807, 2.05) is 0 Å². The largest absolute Gasteiger partial charge is 0.493 e. The van der Waals surface area contributed by atoms with Gasteiger partial charge in [-0.2, -0.15) is 0 Å². The molecule has 0 aliphatic rings.